The zero-order chi connectivity index (χ0) is 20.1. The fraction of sp³-hybridized carbons (Fsp3) is 0.421. The highest BCUT2D eigenvalue weighted by Gasteiger charge is 2.33. The van der Waals surface area contributed by atoms with E-state index in [1.54, 1.807) is 12.0 Å². The molecule has 0 radical (unpaired) electrons. The molecule has 0 bridgehead atoms. The van der Waals surface area contributed by atoms with Crippen molar-refractivity contribution in [1.82, 2.24) is 14.9 Å². The van der Waals surface area contributed by atoms with E-state index in [1.807, 2.05) is 24.3 Å². The molecule has 3 rings (SSSR count). The summed E-state index contributed by atoms with van der Waals surface area (Å²) in [6.45, 7) is 1.09. The molecule has 0 aliphatic carbocycles. The lowest BCUT2D eigenvalue weighted by Crippen LogP contribution is -2.43. The van der Waals surface area contributed by atoms with Crippen LogP contribution in [-0.4, -0.2) is 47.0 Å². The van der Waals surface area contributed by atoms with E-state index in [0.29, 0.717) is 32.4 Å². The van der Waals surface area contributed by atoms with E-state index >= 15 is 0 Å². The second-order valence-electron chi connectivity index (χ2n) is 6.61. The van der Waals surface area contributed by atoms with Crippen molar-refractivity contribution in [3.63, 3.8) is 0 Å². The number of aromatic nitrogens is 2. The molecule has 9 heteroatoms. The Morgan fingerprint density at radius 1 is 1.21 bits per heavy atom. The van der Waals surface area contributed by atoms with Crippen molar-refractivity contribution in [2.75, 3.05) is 25.5 Å². The van der Waals surface area contributed by atoms with Crippen molar-refractivity contribution >= 4 is 11.7 Å². The Morgan fingerprint density at radius 2 is 1.89 bits per heavy atom. The summed E-state index contributed by atoms with van der Waals surface area (Å²) < 4.78 is 43.3. The average molecular weight is 394 g/mol. The number of alkyl halides is 3. The molecule has 1 saturated heterocycles. The van der Waals surface area contributed by atoms with Crippen LogP contribution in [0.25, 0.3) is 0 Å². The molecule has 0 spiro atoms. The lowest BCUT2D eigenvalue weighted by Gasteiger charge is -2.32. The molecule has 0 atom stereocenters. The van der Waals surface area contributed by atoms with E-state index < -0.39 is 11.9 Å². The summed E-state index contributed by atoms with van der Waals surface area (Å²) in [4.78, 5) is 21.4. The SMILES string of the molecule is COc1ccc(CC(=O)N2CCC(Nc3cc(C(F)(F)F)ncn3)CC2)cc1. The minimum absolute atomic E-state index is 0.0324. The molecule has 6 nitrogen and oxygen atoms in total. The van der Waals surface area contributed by atoms with Crippen LogP contribution in [0.4, 0.5) is 19.0 Å². The number of nitrogens with one attached hydrogen (secondary N) is 1. The van der Waals surface area contributed by atoms with Crippen LogP contribution >= 0.6 is 0 Å². The van der Waals surface area contributed by atoms with Gasteiger partial charge in [0, 0.05) is 25.2 Å². The summed E-state index contributed by atoms with van der Waals surface area (Å²) >= 11 is 0. The van der Waals surface area contributed by atoms with Gasteiger partial charge in [-0.15, -0.1) is 0 Å². The molecule has 150 valence electrons. The van der Waals surface area contributed by atoms with Crippen molar-refractivity contribution in [2.24, 2.45) is 0 Å². The third-order valence-corrected chi connectivity index (χ3v) is 4.67. The Hall–Kier alpha value is -2.84. The molecular formula is C19H21F3N4O2. The highest BCUT2D eigenvalue weighted by molar-refractivity contribution is 5.79. The highest BCUT2D eigenvalue weighted by atomic mass is 19.4. The molecule has 1 aromatic carbocycles. The quantitative estimate of drug-likeness (QED) is 0.844. The summed E-state index contributed by atoms with van der Waals surface area (Å²) in [7, 11) is 1.59. The number of hydrogen-bond acceptors (Lipinski definition) is 5. The topological polar surface area (TPSA) is 67.3 Å². The number of ether oxygens (including phenoxy) is 1. The van der Waals surface area contributed by atoms with Crippen molar-refractivity contribution in [3.05, 3.63) is 47.9 Å². The molecule has 1 aromatic heterocycles. The number of anilines is 1. The standard InChI is InChI=1S/C19H21F3N4O2/c1-28-15-4-2-13(3-5-15)10-18(27)26-8-6-14(7-9-26)25-17-11-16(19(20,21)22)23-12-24-17/h2-5,11-12,14H,6-10H2,1H3,(H,23,24,25). The van der Waals surface area contributed by atoms with Gasteiger partial charge in [0.2, 0.25) is 5.91 Å². The molecular weight excluding hydrogens is 373 g/mol. The largest absolute Gasteiger partial charge is 0.497 e. The number of piperidine rings is 1. The van der Waals surface area contributed by atoms with Crippen LogP contribution in [-0.2, 0) is 17.4 Å². The van der Waals surface area contributed by atoms with Crippen molar-refractivity contribution in [1.29, 1.82) is 0 Å². The van der Waals surface area contributed by atoms with E-state index in [2.05, 4.69) is 15.3 Å². The van der Waals surface area contributed by atoms with Crippen molar-refractivity contribution < 1.29 is 22.7 Å². The molecule has 28 heavy (non-hydrogen) atoms. The van der Waals surface area contributed by atoms with Crippen LogP contribution in [0.15, 0.2) is 36.7 Å². The predicted molar refractivity (Wildman–Crippen MR) is 97.0 cm³/mol. The van der Waals surface area contributed by atoms with Gasteiger partial charge in [-0.1, -0.05) is 12.1 Å². The molecule has 1 fully saturated rings. The van der Waals surface area contributed by atoms with E-state index in [9.17, 15) is 18.0 Å². The lowest BCUT2D eigenvalue weighted by molar-refractivity contribution is -0.141. The van der Waals surface area contributed by atoms with Crippen LogP contribution in [0.3, 0.4) is 0 Å². The first-order valence-electron chi connectivity index (χ1n) is 8.91. The number of methoxy groups -OCH3 is 1. The monoisotopic (exact) mass is 394 g/mol. The van der Waals surface area contributed by atoms with E-state index in [4.69, 9.17) is 4.74 Å². The minimum Gasteiger partial charge on any atom is -0.497 e. The molecule has 1 N–H and O–H groups in total. The number of halogens is 3. The molecule has 0 saturated carbocycles. The highest BCUT2D eigenvalue weighted by Crippen LogP contribution is 2.28. The van der Waals surface area contributed by atoms with Crippen molar-refractivity contribution in [2.45, 2.75) is 31.5 Å². The zero-order valence-corrected chi connectivity index (χ0v) is 15.4. The second-order valence-corrected chi connectivity index (χ2v) is 6.61. The summed E-state index contributed by atoms with van der Waals surface area (Å²) in [6.07, 6.45) is -2.02. The van der Waals surface area contributed by atoms with Gasteiger partial charge in [0.1, 0.15) is 23.6 Å². The van der Waals surface area contributed by atoms with Gasteiger partial charge in [-0.3, -0.25) is 4.79 Å². The van der Waals surface area contributed by atoms with Crippen molar-refractivity contribution in [3.8, 4) is 5.75 Å². The lowest BCUT2D eigenvalue weighted by atomic mass is 10.0. The van der Waals surface area contributed by atoms with Gasteiger partial charge in [0.05, 0.1) is 13.5 Å². The Balaban J connectivity index is 1.50. The maximum absolute atomic E-state index is 12.7. The summed E-state index contributed by atoms with van der Waals surface area (Å²) in [6, 6.07) is 8.21. The third-order valence-electron chi connectivity index (χ3n) is 4.67. The first-order valence-corrected chi connectivity index (χ1v) is 8.91. The third kappa shape index (κ3) is 5.11. The maximum Gasteiger partial charge on any atom is 0.433 e. The molecule has 1 amide bonds. The van der Waals surface area contributed by atoms with Gasteiger partial charge in [-0.25, -0.2) is 9.97 Å². The van der Waals surface area contributed by atoms with Crippen LogP contribution in [0.5, 0.6) is 5.75 Å². The van der Waals surface area contributed by atoms with E-state index in [0.717, 1.165) is 23.7 Å². The van der Waals surface area contributed by atoms with Gasteiger partial charge in [-0.05, 0) is 30.5 Å². The Kier molecular flexibility index (Phi) is 6.01. The van der Waals surface area contributed by atoms with Crippen LogP contribution in [0.1, 0.15) is 24.1 Å². The predicted octanol–water partition coefficient (Wildman–Crippen LogP) is 3.15. The van der Waals surface area contributed by atoms with Gasteiger partial charge in [0.25, 0.3) is 0 Å². The first-order chi connectivity index (χ1) is 13.3. The number of carbonyl (C=O) groups excluding carboxylic acids is 1. The molecule has 2 heterocycles. The number of likely N-dealkylation sites (tertiary alicyclic amines) is 1. The smallest absolute Gasteiger partial charge is 0.433 e. The van der Waals surface area contributed by atoms with Crippen LogP contribution in [0.2, 0.25) is 0 Å². The van der Waals surface area contributed by atoms with Crippen LogP contribution < -0.4 is 10.1 Å². The number of carbonyl (C=O) groups is 1. The van der Waals surface area contributed by atoms with Gasteiger partial charge < -0.3 is 15.0 Å². The fourth-order valence-electron chi connectivity index (χ4n) is 3.10. The first kappa shape index (κ1) is 19.9. The minimum atomic E-state index is -4.50. The number of amides is 1. The number of nitrogens with zero attached hydrogens (tertiary/aromatic N) is 3. The van der Waals surface area contributed by atoms with E-state index in [-0.39, 0.29) is 17.8 Å². The second kappa shape index (κ2) is 8.45. The maximum atomic E-state index is 12.7. The van der Waals surface area contributed by atoms with Gasteiger partial charge >= 0.3 is 6.18 Å². The summed E-state index contributed by atoms with van der Waals surface area (Å²) in [5, 5.41) is 3.01. The van der Waals surface area contributed by atoms with Crippen LogP contribution in [0, 0.1) is 0 Å². The summed E-state index contributed by atoms with van der Waals surface area (Å²) in [5.41, 5.74) is -0.0659. The van der Waals surface area contributed by atoms with E-state index in [1.165, 1.54) is 0 Å². The Labute approximate surface area is 160 Å². The number of hydrogen-bond donors (Lipinski definition) is 1. The average Bonchev–Trinajstić information content (AvgIpc) is 2.69. The van der Waals surface area contributed by atoms with Gasteiger partial charge in [0.15, 0.2) is 0 Å². The molecule has 1 aliphatic heterocycles. The number of rotatable bonds is 5. The zero-order valence-electron chi connectivity index (χ0n) is 15.4. The molecule has 1 aliphatic rings. The fourth-order valence-corrected chi connectivity index (χ4v) is 3.10. The Bertz CT molecular complexity index is 804. The normalized spacial score (nSPS) is 15.4. The number of benzene rings is 1. The van der Waals surface area contributed by atoms with Gasteiger partial charge in [-0.2, -0.15) is 13.2 Å². The Morgan fingerprint density at radius 3 is 2.50 bits per heavy atom. The molecule has 0 unspecified atom stereocenters. The summed E-state index contributed by atoms with van der Waals surface area (Å²) in [5.74, 6) is 0.914. The molecule has 2 aromatic rings.